The van der Waals surface area contributed by atoms with Gasteiger partial charge in [0, 0.05) is 25.8 Å². The molecule has 0 radical (unpaired) electrons. The smallest absolute Gasteiger partial charge is 0.260 e. The zero-order valence-electron chi connectivity index (χ0n) is 11.5. The van der Waals surface area contributed by atoms with Crippen molar-refractivity contribution in [2.75, 3.05) is 39.0 Å². The minimum Gasteiger partial charge on any atom is -0.484 e. The summed E-state index contributed by atoms with van der Waals surface area (Å²) in [6.45, 7) is 1.32. The monoisotopic (exact) mass is 277 g/mol. The summed E-state index contributed by atoms with van der Waals surface area (Å²) in [5.74, 6) is 0.375. The van der Waals surface area contributed by atoms with Crippen LogP contribution in [0.25, 0.3) is 0 Å². The van der Waals surface area contributed by atoms with E-state index in [1.165, 1.54) is 0 Å². The van der Waals surface area contributed by atoms with Crippen molar-refractivity contribution in [3.8, 4) is 5.75 Å². The number of carbonyl (C=O) groups is 2. The van der Waals surface area contributed by atoms with Gasteiger partial charge in [0.15, 0.2) is 6.61 Å². The number of anilines is 1. The molecule has 1 fully saturated rings. The second-order valence-corrected chi connectivity index (χ2v) is 4.84. The van der Waals surface area contributed by atoms with Gasteiger partial charge < -0.3 is 20.3 Å². The summed E-state index contributed by atoms with van der Waals surface area (Å²) in [5.41, 5.74) is 6.22. The lowest BCUT2D eigenvalue weighted by molar-refractivity contribution is -0.139. The van der Waals surface area contributed by atoms with Crippen LogP contribution in [0.3, 0.4) is 0 Å². The lowest BCUT2D eigenvalue weighted by atomic mass is 10.3. The molecule has 0 bridgehead atoms. The van der Waals surface area contributed by atoms with Crippen LogP contribution in [0.4, 0.5) is 5.69 Å². The number of amides is 2. The number of hydrogen-bond acceptors (Lipinski definition) is 4. The van der Waals surface area contributed by atoms with Crippen molar-refractivity contribution in [3.63, 3.8) is 0 Å². The van der Waals surface area contributed by atoms with E-state index in [2.05, 4.69) is 0 Å². The average molecular weight is 277 g/mol. The Labute approximate surface area is 118 Å². The van der Waals surface area contributed by atoms with Crippen LogP contribution in [0.1, 0.15) is 6.42 Å². The van der Waals surface area contributed by atoms with Crippen LogP contribution in [0.15, 0.2) is 24.3 Å². The molecule has 0 atom stereocenters. The number of rotatable bonds is 3. The zero-order chi connectivity index (χ0) is 14.5. The molecule has 2 rings (SSSR count). The van der Waals surface area contributed by atoms with Crippen LogP contribution in [0.5, 0.6) is 5.75 Å². The highest BCUT2D eigenvalue weighted by atomic mass is 16.5. The molecule has 1 saturated heterocycles. The molecular weight excluding hydrogens is 258 g/mol. The molecule has 1 heterocycles. The number of nitrogens with two attached hydrogens (primary N) is 1. The van der Waals surface area contributed by atoms with Gasteiger partial charge in [-0.3, -0.25) is 9.59 Å². The van der Waals surface area contributed by atoms with Gasteiger partial charge in [-0.1, -0.05) is 0 Å². The van der Waals surface area contributed by atoms with Crippen molar-refractivity contribution in [1.82, 2.24) is 9.80 Å². The van der Waals surface area contributed by atoms with Gasteiger partial charge in [-0.15, -0.1) is 0 Å². The maximum atomic E-state index is 12.0. The number of likely N-dealkylation sites (N-methyl/N-ethyl adjacent to an activating group) is 1. The third-order valence-corrected chi connectivity index (χ3v) is 3.27. The van der Waals surface area contributed by atoms with Crippen LogP contribution in [0.2, 0.25) is 0 Å². The Morgan fingerprint density at radius 2 is 2.00 bits per heavy atom. The van der Waals surface area contributed by atoms with Gasteiger partial charge in [0.25, 0.3) is 5.91 Å². The number of ether oxygens (including phenoxy) is 1. The van der Waals surface area contributed by atoms with Crippen molar-refractivity contribution in [2.24, 2.45) is 0 Å². The largest absolute Gasteiger partial charge is 0.484 e. The second kappa shape index (κ2) is 6.27. The van der Waals surface area contributed by atoms with Crippen molar-refractivity contribution in [3.05, 3.63) is 24.3 Å². The third-order valence-electron chi connectivity index (χ3n) is 3.27. The molecule has 2 amide bonds. The van der Waals surface area contributed by atoms with Gasteiger partial charge in [-0.05, 0) is 30.7 Å². The minimum absolute atomic E-state index is 0.0386. The first-order chi connectivity index (χ1) is 9.56. The Hall–Kier alpha value is -2.24. The summed E-state index contributed by atoms with van der Waals surface area (Å²) in [4.78, 5) is 27.0. The maximum absolute atomic E-state index is 12.0. The molecule has 0 spiro atoms. The summed E-state index contributed by atoms with van der Waals surface area (Å²) in [5, 5.41) is 0. The molecule has 1 aliphatic rings. The number of nitrogen functional groups attached to an aromatic ring is 1. The zero-order valence-corrected chi connectivity index (χ0v) is 11.5. The summed E-state index contributed by atoms with van der Waals surface area (Å²) < 4.78 is 5.41. The Morgan fingerprint density at radius 3 is 2.70 bits per heavy atom. The molecule has 2 N–H and O–H groups in total. The fourth-order valence-corrected chi connectivity index (χ4v) is 2.00. The van der Waals surface area contributed by atoms with E-state index in [0.717, 1.165) is 6.42 Å². The molecule has 1 aromatic carbocycles. The first-order valence-corrected chi connectivity index (χ1v) is 6.56. The van der Waals surface area contributed by atoms with Crippen molar-refractivity contribution >= 4 is 17.5 Å². The molecule has 1 aromatic rings. The van der Waals surface area contributed by atoms with Gasteiger partial charge in [0.1, 0.15) is 5.75 Å². The van der Waals surface area contributed by atoms with E-state index in [4.69, 9.17) is 10.5 Å². The van der Waals surface area contributed by atoms with Gasteiger partial charge in [-0.2, -0.15) is 0 Å². The first-order valence-electron chi connectivity index (χ1n) is 6.56. The van der Waals surface area contributed by atoms with Gasteiger partial charge in [0.2, 0.25) is 5.91 Å². The molecule has 0 aromatic heterocycles. The molecule has 0 unspecified atom stereocenters. The molecule has 6 heteroatoms. The van der Waals surface area contributed by atoms with Crippen LogP contribution in [0, 0.1) is 0 Å². The Kier molecular flexibility index (Phi) is 4.45. The van der Waals surface area contributed by atoms with E-state index in [9.17, 15) is 9.59 Å². The highest BCUT2D eigenvalue weighted by Gasteiger charge is 2.22. The lowest BCUT2D eigenvalue weighted by Gasteiger charge is -2.19. The summed E-state index contributed by atoms with van der Waals surface area (Å²) >= 11 is 0. The van der Waals surface area contributed by atoms with Crippen molar-refractivity contribution < 1.29 is 14.3 Å². The van der Waals surface area contributed by atoms with Crippen LogP contribution >= 0.6 is 0 Å². The number of hydrogen-bond donors (Lipinski definition) is 1. The predicted octanol–water partition coefficient (Wildman–Crippen LogP) is 0.338. The SMILES string of the molecule is CN1CCCN(C(=O)COc2ccc(N)cc2)CC1=O. The molecular formula is C14H19N3O3. The van der Waals surface area contributed by atoms with Crippen LogP contribution in [-0.4, -0.2) is 54.9 Å². The third kappa shape index (κ3) is 3.63. The molecule has 108 valence electrons. The normalized spacial score (nSPS) is 15.9. The fraction of sp³-hybridized carbons (Fsp3) is 0.429. The van der Waals surface area contributed by atoms with Crippen LogP contribution in [-0.2, 0) is 9.59 Å². The lowest BCUT2D eigenvalue weighted by Crippen LogP contribution is -2.40. The standard InChI is InChI=1S/C14H19N3O3/c1-16-7-2-8-17(9-13(16)18)14(19)10-20-12-5-3-11(15)4-6-12/h3-6H,2,7-10,15H2,1H3. The fourth-order valence-electron chi connectivity index (χ4n) is 2.00. The van der Waals surface area contributed by atoms with Gasteiger partial charge in [-0.25, -0.2) is 0 Å². The van der Waals surface area contributed by atoms with Crippen molar-refractivity contribution in [2.45, 2.75) is 6.42 Å². The maximum Gasteiger partial charge on any atom is 0.260 e. The van der Waals surface area contributed by atoms with E-state index in [1.807, 2.05) is 0 Å². The molecule has 1 aliphatic heterocycles. The molecule has 6 nitrogen and oxygen atoms in total. The number of benzene rings is 1. The highest BCUT2D eigenvalue weighted by molar-refractivity contribution is 5.85. The Morgan fingerprint density at radius 1 is 1.30 bits per heavy atom. The van der Waals surface area contributed by atoms with E-state index < -0.39 is 0 Å². The minimum atomic E-state index is -0.175. The van der Waals surface area contributed by atoms with E-state index >= 15 is 0 Å². The molecule has 0 aliphatic carbocycles. The average Bonchev–Trinajstić information content (AvgIpc) is 2.60. The van der Waals surface area contributed by atoms with Gasteiger partial charge in [0.05, 0.1) is 6.54 Å². The molecule has 20 heavy (non-hydrogen) atoms. The van der Waals surface area contributed by atoms with E-state index in [-0.39, 0.29) is 25.0 Å². The Bertz CT molecular complexity index is 487. The molecule has 0 saturated carbocycles. The summed E-state index contributed by atoms with van der Waals surface area (Å²) in [6, 6.07) is 6.85. The van der Waals surface area contributed by atoms with Crippen molar-refractivity contribution in [1.29, 1.82) is 0 Å². The number of nitrogens with zero attached hydrogens (tertiary/aromatic N) is 2. The van der Waals surface area contributed by atoms with Gasteiger partial charge >= 0.3 is 0 Å². The van der Waals surface area contributed by atoms with Crippen LogP contribution < -0.4 is 10.5 Å². The van der Waals surface area contributed by atoms with E-state index in [1.54, 1.807) is 41.1 Å². The summed E-state index contributed by atoms with van der Waals surface area (Å²) in [7, 11) is 1.75. The first kappa shape index (κ1) is 14.2. The quantitative estimate of drug-likeness (QED) is 0.808. The topological polar surface area (TPSA) is 75.9 Å². The predicted molar refractivity (Wildman–Crippen MR) is 75.2 cm³/mol. The highest BCUT2D eigenvalue weighted by Crippen LogP contribution is 2.13. The second-order valence-electron chi connectivity index (χ2n) is 4.84. The number of carbonyl (C=O) groups excluding carboxylic acids is 2. The summed E-state index contributed by atoms with van der Waals surface area (Å²) in [6.07, 6.45) is 0.788. The Balaban J connectivity index is 1.88. The van der Waals surface area contributed by atoms with E-state index in [0.29, 0.717) is 24.5 Å².